The summed E-state index contributed by atoms with van der Waals surface area (Å²) in [6.07, 6.45) is 0. The monoisotopic (exact) mass is 509 g/mol. The second-order valence-electron chi connectivity index (χ2n) is 8.06. The quantitative estimate of drug-likeness (QED) is 0.557. The number of benzene rings is 2. The third kappa shape index (κ3) is 5.64. The Morgan fingerprint density at radius 1 is 1.12 bits per heavy atom. The third-order valence-corrected chi connectivity index (χ3v) is 7.97. The maximum atomic E-state index is 13.5. The van der Waals surface area contributed by atoms with Crippen molar-refractivity contribution in [1.29, 1.82) is 0 Å². The topological polar surface area (TPSA) is 99.6 Å². The molecule has 34 heavy (non-hydrogen) atoms. The maximum Gasteiger partial charge on any atom is 0.325 e. The summed E-state index contributed by atoms with van der Waals surface area (Å²) in [5.74, 6) is 0.433. The zero-order chi connectivity index (χ0) is 24.1. The summed E-state index contributed by atoms with van der Waals surface area (Å²) in [4.78, 5) is 16.7. The molecule has 0 aromatic heterocycles. The minimum absolute atomic E-state index is 0.0832. The van der Waals surface area contributed by atoms with Crippen molar-refractivity contribution in [2.75, 3.05) is 63.3 Å². The molecule has 2 amide bonds. The van der Waals surface area contributed by atoms with Crippen molar-refractivity contribution >= 4 is 33.3 Å². The first-order valence-electron chi connectivity index (χ1n) is 11.1. The molecule has 0 spiro atoms. The standard InChI is InChI=1S/C23H28ClN3O6S/c24-19-4-6-20(7-5-19)27-22(18-2-1-3-21(16-18)33-14-11-28)17-25(23(27)29)10-15-34(30,31)26-8-12-32-13-9-26/h1-7,16,22,28H,8-15,17H2. The van der Waals surface area contributed by atoms with E-state index in [2.05, 4.69) is 0 Å². The zero-order valence-electron chi connectivity index (χ0n) is 18.7. The normalized spacial score (nSPS) is 19.6. The predicted molar refractivity (Wildman–Crippen MR) is 129 cm³/mol. The molecule has 2 fully saturated rings. The molecule has 2 heterocycles. The molecular weight excluding hydrogens is 482 g/mol. The number of rotatable bonds is 9. The van der Waals surface area contributed by atoms with Crippen LogP contribution < -0.4 is 9.64 Å². The van der Waals surface area contributed by atoms with Gasteiger partial charge in [0.2, 0.25) is 10.0 Å². The summed E-state index contributed by atoms with van der Waals surface area (Å²) < 4.78 is 37.8. The van der Waals surface area contributed by atoms with Crippen molar-refractivity contribution in [3.8, 4) is 5.75 Å². The number of anilines is 1. The summed E-state index contributed by atoms with van der Waals surface area (Å²) in [5.41, 5.74) is 1.51. The highest BCUT2D eigenvalue weighted by molar-refractivity contribution is 7.89. The van der Waals surface area contributed by atoms with Gasteiger partial charge in [-0.25, -0.2) is 13.2 Å². The van der Waals surface area contributed by atoms with Crippen LogP contribution in [0, 0.1) is 0 Å². The number of hydrogen-bond donors (Lipinski definition) is 1. The van der Waals surface area contributed by atoms with E-state index in [0.717, 1.165) is 5.56 Å². The molecule has 184 valence electrons. The van der Waals surface area contributed by atoms with Crippen LogP contribution in [-0.4, -0.2) is 87.1 Å². The van der Waals surface area contributed by atoms with E-state index >= 15 is 0 Å². The first-order chi connectivity index (χ1) is 16.4. The van der Waals surface area contributed by atoms with Crippen LogP contribution in [0.4, 0.5) is 10.5 Å². The van der Waals surface area contributed by atoms with E-state index in [1.54, 1.807) is 40.1 Å². The highest BCUT2D eigenvalue weighted by atomic mass is 35.5. The van der Waals surface area contributed by atoms with Gasteiger partial charge in [0.05, 0.1) is 31.6 Å². The molecule has 2 saturated heterocycles. The van der Waals surface area contributed by atoms with E-state index in [1.807, 2.05) is 18.2 Å². The number of aliphatic hydroxyl groups excluding tert-OH is 1. The number of urea groups is 1. The van der Waals surface area contributed by atoms with Crippen molar-refractivity contribution in [3.05, 3.63) is 59.1 Å². The summed E-state index contributed by atoms with van der Waals surface area (Å²) in [7, 11) is -3.50. The van der Waals surface area contributed by atoms with Crippen molar-refractivity contribution in [1.82, 2.24) is 9.21 Å². The molecule has 2 aromatic rings. The smallest absolute Gasteiger partial charge is 0.325 e. The Morgan fingerprint density at radius 3 is 2.56 bits per heavy atom. The number of aliphatic hydroxyl groups is 1. The lowest BCUT2D eigenvalue weighted by atomic mass is 10.1. The number of amides is 2. The largest absolute Gasteiger partial charge is 0.491 e. The van der Waals surface area contributed by atoms with E-state index in [9.17, 15) is 13.2 Å². The molecule has 1 atom stereocenters. The first kappa shape index (κ1) is 24.7. The lowest BCUT2D eigenvalue weighted by Gasteiger charge is -2.27. The molecule has 0 bridgehead atoms. The Labute approximate surface area is 204 Å². The van der Waals surface area contributed by atoms with Crippen molar-refractivity contribution in [2.45, 2.75) is 6.04 Å². The molecule has 2 aliphatic rings. The summed E-state index contributed by atoms with van der Waals surface area (Å²) >= 11 is 6.05. The van der Waals surface area contributed by atoms with Crippen LogP contribution in [0.3, 0.4) is 0 Å². The highest BCUT2D eigenvalue weighted by Crippen LogP contribution is 2.36. The van der Waals surface area contributed by atoms with Crippen LogP contribution in [0.25, 0.3) is 0 Å². The van der Waals surface area contributed by atoms with Crippen LogP contribution >= 0.6 is 11.6 Å². The van der Waals surface area contributed by atoms with Gasteiger partial charge in [0.1, 0.15) is 12.4 Å². The molecule has 0 radical (unpaired) electrons. The van der Waals surface area contributed by atoms with Gasteiger partial charge in [0.25, 0.3) is 0 Å². The number of halogens is 1. The Morgan fingerprint density at radius 2 is 1.85 bits per heavy atom. The summed E-state index contributed by atoms with van der Waals surface area (Å²) in [6, 6.07) is 13.7. The van der Waals surface area contributed by atoms with Gasteiger partial charge < -0.3 is 19.5 Å². The Balaban J connectivity index is 1.57. The van der Waals surface area contributed by atoms with Gasteiger partial charge in [-0.2, -0.15) is 4.31 Å². The molecule has 1 unspecified atom stereocenters. The summed E-state index contributed by atoms with van der Waals surface area (Å²) in [6.45, 7) is 1.89. The number of ether oxygens (including phenoxy) is 2. The van der Waals surface area contributed by atoms with E-state index in [4.69, 9.17) is 26.2 Å². The number of hydrogen-bond acceptors (Lipinski definition) is 6. The van der Waals surface area contributed by atoms with Gasteiger partial charge in [-0.15, -0.1) is 0 Å². The van der Waals surface area contributed by atoms with Gasteiger partial charge in [0, 0.05) is 36.9 Å². The minimum Gasteiger partial charge on any atom is -0.491 e. The minimum atomic E-state index is -3.50. The van der Waals surface area contributed by atoms with Gasteiger partial charge in [-0.05, 0) is 42.0 Å². The Kier molecular flexibility index (Phi) is 7.95. The second kappa shape index (κ2) is 10.9. The van der Waals surface area contributed by atoms with Crippen molar-refractivity contribution < 1.29 is 27.8 Å². The van der Waals surface area contributed by atoms with Gasteiger partial charge >= 0.3 is 6.03 Å². The highest BCUT2D eigenvalue weighted by Gasteiger charge is 2.40. The molecule has 0 aliphatic carbocycles. The third-order valence-electron chi connectivity index (χ3n) is 5.87. The number of sulfonamides is 1. The molecule has 1 N–H and O–H groups in total. The van der Waals surface area contributed by atoms with Crippen molar-refractivity contribution in [3.63, 3.8) is 0 Å². The average molecular weight is 510 g/mol. The molecule has 4 rings (SSSR count). The number of morpholine rings is 1. The maximum absolute atomic E-state index is 13.5. The summed E-state index contributed by atoms with van der Waals surface area (Å²) in [5, 5.41) is 9.61. The number of carbonyl (C=O) groups excluding carboxylic acids is 1. The van der Waals surface area contributed by atoms with Crippen molar-refractivity contribution in [2.24, 2.45) is 0 Å². The molecule has 9 nitrogen and oxygen atoms in total. The lowest BCUT2D eigenvalue weighted by molar-refractivity contribution is 0.0730. The van der Waals surface area contributed by atoms with Gasteiger partial charge in [0.15, 0.2) is 0 Å². The molecule has 0 saturated carbocycles. The molecular formula is C23H28ClN3O6S. The van der Waals surface area contributed by atoms with Crippen LogP contribution in [-0.2, 0) is 14.8 Å². The fourth-order valence-corrected chi connectivity index (χ4v) is 5.68. The van der Waals surface area contributed by atoms with Crippen LogP contribution in [0.5, 0.6) is 5.75 Å². The van der Waals surface area contributed by atoms with E-state index < -0.39 is 10.0 Å². The van der Waals surface area contributed by atoms with E-state index in [1.165, 1.54) is 4.31 Å². The Hall–Kier alpha value is -2.37. The molecule has 2 aromatic carbocycles. The SMILES string of the molecule is O=C1N(CCS(=O)(=O)N2CCOCC2)CC(c2cccc(OCCO)c2)N1c1ccc(Cl)cc1. The van der Waals surface area contributed by atoms with E-state index in [0.29, 0.717) is 49.3 Å². The van der Waals surface area contributed by atoms with Crippen LogP contribution in [0.2, 0.25) is 5.02 Å². The fraction of sp³-hybridized carbons (Fsp3) is 0.435. The molecule has 11 heteroatoms. The Bertz CT molecular complexity index is 1090. The first-order valence-corrected chi connectivity index (χ1v) is 13.1. The predicted octanol–water partition coefficient (Wildman–Crippen LogP) is 2.36. The zero-order valence-corrected chi connectivity index (χ0v) is 20.2. The number of carbonyl (C=O) groups is 1. The van der Waals surface area contributed by atoms with Gasteiger partial charge in [-0.1, -0.05) is 23.7 Å². The van der Waals surface area contributed by atoms with Crippen LogP contribution in [0.15, 0.2) is 48.5 Å². The second-order valence-corrected chi connectivity index (χ2v) is 10.6. The average Bonchev–Trinajstić information content (AvgIpc) is 3.19. The van der Waals surface area contributed by atoms with Crippen LogP contribution in [0.1, 0.15) is 11.6 Å². The lowest BCUT2D eigenvalue weighted by Crippen LogP contribution is -2.44. The number of nitrogens with zero attached hydrogens (tertiary/aromatic N) is 3. The fourth-order valence-electron chi connectivity index (χ4n) is 4.14. The molecule has 2 aliphatic heterocycles. The van der Waals surface area contributed by atoms with E-state index in [-0.39, 0.29) is 37.6 Å². The van der Waals surface area contributed by atoms with Gasteiger partial charge in [-0.3, -0.25) is 4.90 Å².